The number of hydrogen-bond donors (Lipinski definition) is 1. The van der Waals surface area contributed by atoms with Crippen LogP contribution < -0.4 is 5.32 Å². The molecule has 0 spiro atoms. The summed E-state index contributed by atoms with van der Waals surface area (Å²) in [6.45, 7) is 3.24. The van der Waals surface area contributed by atoms with Gasteiger partial charge in [-0.25, -0.2) is 4.98 Å². The number of piperidine rings is 1. The largest absolute Gasteiger partial charge is 0.327 e. The molecule has 2 aromatic rings. The van der Waals surface area contributed by atoms with Crippen LogP contribution in [0.5, 0.6) is 0 Å². The minimum absolute atomic E-state index is 0.387. The Labute approximate surface area is 119 Å². The molecule has 0 radical (unpaired) electrons. The van der Waals surface area contributed by atoms with Crippen LogP contribution in [0.25, 0.3) is 11.0 Å². The summed E-state index contributed by atoms with van der Waals surface area (Å²) in [7, 11) is 0. The molecule has 4 nitrogen and oxygen atoms in total. The van der Waals surface area contributed by atoms with Gasteiger partial charge < -0.3 is 9.88 Å². The highest BCUT2D eigenvalue weighted by atomic mass is 15.1. The van der Waals surface area contributed by atoms with E-state index in [2.05, 4.69) is 27.0 Å². The molecule has 0 saturated carbocycles. The van der Waals surface area contributed by atoms with E-state index in [1.165, 1.54) is 12.8 Å². The lowest BCUT2D eigenvalue weighted by atomic mass is 9.96. The third-order valence-corrected chi connectivity index (χ3v) is 4.13. The maximum Gasteiger partial charge on any atom is 0.124 e. The third kappa shape index (κ3) is 2.68. The van der Waals surface area contributed by atoms with E-state index in [4.69, 9.17) is 5.26 Å². The van der Waals surface area contributed by atoms with Crippen LogP contribution in [0.15, 0.2) is 24.3 Å². The molecular formula is C16H20N4. The Balaban J connectivity index is 1.81. The fourth-order valence-corrected chi connectivity index (χ4v) is 3.06. The van der Waals surface area contributed by atoms with Crippen molar-refractivity contribution >= 4 is 11.0 Å². The number of fused-ring (bicyclic) bond motifs is 1. The van der Waals surface area contributed by atoms with Gasteiger partial charge in [0.25, 0.3) is 0 Å². The molecule has 1 unspecified atom stereocenters. The van der Waals surface area contributed by atoms with Gasteiger partial charge in [-0.2, -0.15) is 5.26 Å². The Kier molecular flexibility index (Phi) is 3.98. The van der Waals surface area contributed by atoms with Gasteiger partial charge in [0, 0.05) is 6.54 Å². The summed E-state index contributed by atoms with van der Waals surface area (Å²) in [6, 6.07) is 10.4. The highest BCUT2D eigenvalue weighted by Gasteiger charge is 2.15. The molecule has 1 aliphatic heterocycles. The first-order chi connectivity index (χ1) is 9.88. The second-order valence-corrected chi connectivity index (χ2v) is 5.50. The van der Waals surface area contributed by atoms with Gasteiger partial charge in [0.05, 0.1) is 23.5 Å². The summed E-state index contributed by atoms with van der Waals surface area (Å²) in [5.41, 5.74) is 2.15. The molecule has 4 heteroatoms. The van der Waals surface area contributed by atoms with Gasteiger partial charge in [-0.3, -0.25) is 0 Å². The number of rotatable bonds is 4. The summed E-state index contributed by atoms with van der Waals surface area (Å²) in [6.07, 6.45) is 4.14. The molecule has 1 aromatic carbocycles. The maximum absolute atomic E-state index is 8.97. The van der Waals surface area contributed by atoms with E-state index in [-0.39, 0.29) is 0 Å². The highest BCUT2D eigenvalue weighted by Crippen LogP contribution is 2.20. The van der Waals surface area contributed by atoms with Crippen LogP contribution in [0.3, 0.4) is 0 Å². The smallest absolute Gasteiger partial charge is 0.124 e. The number of para-hydroxylation sites is 2. The van der Waals surface area contributed by atoms with Crippen LogP contribution in [-0.4, -0.2) is 22.6 Å². The number of imidazole rings is 1. The number of benzene rings is 1. The van der Waals surface area contributed by atoms with Crippen LogP contribution in [0.4, 0.5) is 0 Å². The Morgan fingerprint density at radius 2 is 2.30 bits per heavy atom. The zero-order chi connectivity index (χ0) is 13.8. The zero-order valence-electron chi connectivity index (χ0n) is 11.7. The molecule has 0 amide bonds. The van der Waals surface area contributed by atoms with Gasteiger partial charge in [-0.05, 0) is 50.4 Å². The van der Waals surface area contributed by atoms with Crippen molar-refractivity contribution in [3.05, 3.63) is 30.1 Å². The van der Waals surface area contributed by atoms with Crippen molar-refractivity contribution in [3.8, 4) is 6.07 Å². The summed E-state index contributed by atoms with van der Waals surface area (Å²) in [5.74, 6) is 1.65. The first-order valence-corrected chi connectivity index (χ1v) is 7.40. The van der Waals surface area contributed by atoms with Gasteiger partial charge in [-0.1, -0.05) is 12.1 Å². The van der Waals surface area contributed by atoms with E-state index in [0.29, 0.717) is 6.42 Å². The minimum atomic E-state index is 0.387. The van der Waals surface area contributed by atoms with Gasteiger partial charge in [0.1, 0.15) is 5.82 Å². The van der Waals surface area contributed by atoms with Crippen molar-refractivity contribution in [1.82, 2.24) is 14.9 Å². The number of hydrogen-bond acceptors (Lipinski definition) is 3. The molecule has 3 rings (SSSR count). The molecule has 1 fully saturated rings. The molecule has 0 aliphatic carbocycles. The fraction of sp³-hybridized carbons (Fsp3) is 0.500. The summed E-state index contributed by atoms with van der Waals surface area (Å²) in [5, 5.41) is 12.4. The van der Waals surface area contributed by atoms with Crippen molar-refractivity contribution in [2.45, 2.75) is 32.2 Å². The Bertz CT molecular complexity index is 617. The fourth-order valence-electron chi connectivity index (χ4n) is 3.06. The van der Waals surface area contributed by atoms with Crippen molar-refractivity contribution in [1.29, 1.82) is 5.26 Å². The van der Waals surface area contributed by atoms with Crippen molar-refractivity contribution < 1.29 is 0 Å². The molecule has 1 aliphatic rings. The molecule has 20 heavy (non-hydrogen) atoms. The van der Waals surface area contributed by atoms with E-state index in [1.54, 1.807) is 0 Å². The lowest BCUT2D eigenvalue weighted by Gasteiger charge is -2.23. The highest BCUT2D eigenvalue weighted by molar-refractivity contribution is 5.75. The molecule has 2 heterocycles. The van der Waals surface area contributed by atoms with Crippen molar-refractivity contribution in [2.24, 2.45) is 5.92 Å². The Morgan fingerprint density at radius 1 is 1.40 bits per heavy atom. The Morgan fingerprint density at radius 3 is 3.10 bits per heavy atom. The minimum Gasteiger partial charge on any atom is -0.327 e. The molecule has 1 aromatic heterocycles. The van der Waals surface area contributed by atoms with Gasteiger partial charge in [0.15, 0.2) is 0 Å². The molecular weight excluding hydrogens is 248 g/mol. The normalized spacial score (nSPS) is 19.1. The predicted octanol–water partition coefficient (Wildman–Crippen LogP) is 2.49. The SMILES string of the molecule is N#CCc1nc2ccccc2n1CCC1CCCNC1. The second-order valence-electron chi connectivity index (χ2n) is 5.50. The predicted molar refractivity (Wildman–Crippen MR) is 79.3 cm³/mol. The van der Waals surface area contributed by atoms with Crippen LogP contribution in [-0.2, 0) is 13.0 Å². The van der Waals surface area contributed by atoms with E-state index < -0.39 is 0 Å². The van der Waals surface area contributed by atoms with E-state index >= 15 is 0 Å². The standard InChI is InChI=1S/C16H20N4/c17-9-7-16-19-14-5-1-2-6-15(14)20(16)11-8-13-4-3-10-18-12-13/h1-2,5-6,13,18H,3-4,7-8,10-12H2. The van der Waals surface area contributed by atoms with Crippen LogP contribution >= 0.6 is 0 Å². The Hall–Kier alpha value is -1.86. The van der Waals surface area contributed by atoms with Crippen LogP contribution in [0.2, 0.25) is 0 Å². The first kappa shape index (κ1) is 13.1. The number of nitriles is 1. The van der Waals surface area contributed by atoms with Crippen LogP contribution in [0.1, 0.15) is 25.1 Å². The number of aromatic nitrogens is 2. The lowest BCUT2D eigenvalue weighted by molar-refractivity contribution is 0.342. The lowest BCUT2D eigenvalue weighted by Crippen LogP contribution is -2.30. The van der Waals surface area contributed by atoms with Gasteiger partial charge in [-0.15, -0.1) is 0 Å². The third-order valence-electron chi connectivity index (χ3n) is 4.13. The number of aryl methyl sites for hydroxylation is 1. The molecule has 104 valence electrons. The van der Waals surface area contributed by atoms with E-state index in [0.717, 1.165) is 48.8 Å². The topological polar surface area (TPSA) is 53.6 Å². The van der Waals surface area contributed by atoms with Gasteiger partial charge >= 0.3 is 0 Å². The second kappa shape index (κ2) is 6.06. The van der Waals surface area contributed by atoms with Crippen molar-refractivity contribution in [2.75, 3.05) is 13.1 Å². The quantitative estimate of drug-likeness (QED) is 0.927. The van der Waals surface area contributed by atoms with E-state index in [1.807, 2.05) is 18.2 Å². The van der Waals surface area contributed by atoms with Crippen molar-refractivity contribution in [3.63, 3.8) is 0 Å². The monoisotopic (exact) mass is 268 g/mol. The average molecular weight is 268 g/mol. The summed E-state index contributed by atoms with van der Waals surface area (Å²) >= 11 is 0. The maximum atomic E-state index is 8.97. The van der Waals surface area contributed by atoms with Gasteiger partial charge in [0.2, 0.25) is 0 Å². The summed E-state index contributed by atoms with van der Waals surface area (Å²) < 4.78 is 2.23. The molecule has 1 N–H and O–H groups in total. The average Bonchev–Trinajstić information content (AvgIpc) is 2.84. The molecule has 1 atom stereocenters. The molecule has 0 bridgehead atoms. The van der Waals surface area contributed by atoms with E-state index in [9.17, 15) is 0 Å². The number of nitrogens with one attached hydrogen (secondary N) is 1. The van der Waals surface area contributed by atoms with Crippen LogP contribution in [0, 0.1) is 17.2 Å². The molecule has 1 saturated heterocycles. The first-order valence-electron chi connectivity index (χ1n) is 7.40. The number of nitrogens with zero attached hydrogens (tertiary/aromatic N) is 3. The zero-order valence-corrected chi connectivity index (χ0v) is 11.7. The summed E-state index contributed by atoms with van der Waals surface area (Å²) in [4.78, 5) is 4.59.